The molecule has 0 saturated heterocycles. The second-order valence-electron chi connectivity index (χ2n) is 7.55. The lowest BCUT2D eigenvalue weighted by Gasteiger charge is -2.35. The van der Waals surface area contributed by atoms with Crippen molar-refractivity contribution in [1.82, 2.24) is 0 Å². The first-order valence-electron chi connectivity index (χ1n) is 9.15. The third-order valence-corrected chi connectivity index (χ3v) is 6.05. The van der Waals surface area contributed by atoms with Crippen molar-refractivity contribution in [3.8, 4) is 0 Å². The van der Waals surface area contributed by atoms with Gasteiger partial charge in [-0.2, -0.15) is 8.78 Å². The molecule has 0 nitrogen and oxygen atoms in total. The lowest BCUT2D eigenvalue weighted by Crippen LogP contribution is -2.47. The summed E-state index contributed by atoms with van der Waals surface area (Å²) in [6.07, 6.45) is 2.29. The molecule has 0 bridgehead atoms. The monoisotopic (exact) mass is 357 g/mol. The zero-order valence-electron chi connectivity index (χ0n) is 16.2. The quantitative estimate of drug-likeness (QED) is 0.325. The smallest absolute Gasteiger partial charge is 0.211 e. The van der Waals surface area contributed by atoms with E-state index < -0.39 is 22.6 Å². The van der Waals surface area contributed by atoms with Gasteiger partial charge in [0.25, 0.3) is 5.82 Å². The molecule has 0 aliphatic carbocycles. The summed E-state index contributed by atoms with van der Waals surface area (Å²) in [4.78, 5) is 0. The van der Waals surface area contributed by atoms with Gasteiger partial charge in [-0.1, -0.05) is 77.9 Å². The molecule has 0 aromatic heterocycles. The summed E-state index contributed by atoms with van der Waals surface area (Å²) < 4.78 is 58.5. The van der Waals surface area contributed by atoms with E-state index in [2.05, 4.69) is 0 Å². The number of benzene rings is 1. The lowest BCUT2D eigenvalue weighted by atomic mass is 9.45. The Morgan fingerprint density at radius 2 is 1.28 bits per heavy atom. The molecule has 1 aromatic rings. The van der Waals surface area contributed by atoms with E-state index in [1.807, 2.05) is 20.8 Å². The zero-order valence-corrected chi connectivity index (χ0v) is 16.2. The maximum Gasteiger partial charge on any atom is 0.326 e. The minimum Gasteiger partial charge on any atom is -0.211 e. The molecule has 0 fully saturated rings. The largest absolute Gasteiger partial charge is 0.326 e. The Morgan fingerprint density at radius 3 is 1.72 bits per heavy atom. The Labute approximate surface area is 150 Å². The van der Waals surface area contributed by atoms with E-state index in [9.17, 15) is 17.6 Å². The maximum atomic E-state index is 14.7. The number of hydrogen-bond donors (Lipinski definition) is 0. The predicted octanol–water partition coefficient (Wildman–Crippen LogP) is 7.15. The van der Waals surface area contributed by atoms with Crippen molar-refractivity contribution in [3.05, 3.63) is 35.4 Å². The molecule has 0 atom stereocenters. The Bertz CT molecular complexity index is 561. The molecule has 0 spiro atoms. The van der Waals surface area contributed by atoms with Crippen molar-refractivity contribution in [1.29, 1.82) is 0 Å². The van der Waals surface area contributed by atoms with Crippen LogP contribution in [0.15, 0.2) is 24.3 Å². The van der Waals surface area contributed by atoms with Gasteiger partial charge in [-0.25, -0.2) is 8.78 Å². The van der Waals surface area contributed by atoms with E-state index >= 15 is 0 Å². The molecule has 1 rings (SSSR count). The summed E-state index contributed by atoms with van der Waals surface area (Å²) in [5.41, 5.74) is -0.236. The highest BCUT2D eigenvalue weighted by atomic mass is 19.3. The van der Waals surface area contributed by atoms with Crippen molar-refractivity contribution < 1.29 is 17.6 Å². The third-order valence-electron chi connectivity index (χ3n) is 6.05. The first-order chi connectivity index (χ1) is 11.4. The summed E-state index contributed by atoms with van der Waals surface area (Å²) in [6.45, 7) is 11.0. The summed E-state index contributed by atoms with van der Waals surface area (Å²) >= 11 is 0. The van der Waals surface area contributed by atoms with Crippen LogP contribution in [0, 0.1) is 0 Å². The average molecular weight is 357 g/mol. The SMILES string of the molecule is CCC(C)([B]C(F)(F)C(F)(F)c1cccc(C(C)(CC)CC)c1)CC. The molecule has 0 unspecified atom stereocenters. The number of halogens is 4. The summed E-state index contributed by atoms with van der Waals surface area (Å²) in [5, 5.41) is -0.925. The minimum absolute atomic E-state index is 0.299. The molecule has 0 heterocycles. The first-order valence-corrected chi connectivity index (χ1v) is 9.15. The number of alkyl halides is 4. The van der Waals surface area contributed by atoms with Crippen LogP contribution in [0.5, 0.6) is 0 Å². The molecule has 5 heteroatoms. The standard InChI is InChI=1S/C20H30BF4/c1-7-17(5,8-2)15-12-11-13-16(14-15)19(22,23)20(24,25)21-18(6,9-3)10-4/h11-14H,7-10H2,1-6H3. The van der Waals surface area contributed by atoms with Crippen LogP contribution in [0.4, 0.5) is 17.6 Å². The van der Waals surface area contributed by atoms with Crippen molar-refractivity contribution in [2.45, 2.75) is 89.7 Å². The van der Waals surface area contributed by atoms with Crippen molar-refractivity contribution >= 4 is 7.28 Å². The van der Waals surface area contributed by atoms with Crippen LogP contribution in [0.1, 0.15) is 78.4 Å². The van der Waals surface area contributed by atoms with Gasteiger partial charge >= 0.3 is 5.92 Å². The van der Waals surface area contributed by atoms with Crippen LogP contribution in [-0.4, -0.2) is 13.1 Å². The average Bonchev–Trinajstić information content (AvgIpc) is 2.60. The Balaban J connectivity index is 3.29. The number of rotatable bonds is 9. The molecule has 1 aromatic carbocycles. The molecule has 0 saturated carbocycles. The van der Waals surface area contributed by atoms with E-state index in [1.165, 1.54) is 12.1 Å². The van der Waals surface area contributed by atoms with Crippen molar-refractivity contribution in [3.63, 3.8) is 0 Å². The third kappa shape index (κ3) is 4.40. The molecular formula is C20H30BF4. The van der Waals surface area contributed by atoms with Gasteiger partial charge in [0.1, 0.15) is 0 Å². The highest BCUT2D eigenvalue weighted by Crippen LogP contribution is 2.48. The van der Waals surface area contributed by atoms with Crippen LogP contribution >= 0.6 is 0 Å². The number of hydrogen-bond acceptors (Lipinski definition) is 0. The summed E-state index contributed by atoms with van der Waals surface area (Å²) in [5.74, 6) is -8.45. The fourth-order valence-electron chi connectivity index (χ4n) is 2.92. The second-order valence-corrected chi connectivity index (χ2v) is 7.55. The van der Waals surface area contributed by atoms with Gasteiger partial charge in [-0.3, -0.25) is 0 Å². The molecule has 0 amide bonds. The van der Waals surface area contributed by atoms with Crippen LogP contribution in [0.3, 0.4) is 0 Å². The zero-order chi connectivity index (χ0) is 19.5. The van der Waals surface area contributed by atoms with Gasteiger partial charge in [0, 0.05) is 5.56 Å². The highest BCUT2D eigenvalue weighted by Gasteiger charge is 2.59. The van der Waals surface area contributed by atoms with E-state index in [1.54, 1.807) is 26.8 Å². The molecule has 141 valence electrons. The summed E-state index contributed by atoms with van der Waals surface area (Å²) in [6, 6.07) is 5.56. The van der Waals surface area contributed by atoms with Crippen LogP contribution in [0.25, 0.3) is 0 Å². The van der Waals surface area contributed by atoms with Crippen LogP contribution in [-0.2, 0) is 11.3 Å². The Hall–Kier alpha value is -0.995. The predicted molar refractivity (Wildman–Crippen MR) is 97.9 cm³/mol. The molecule has 1 radical (unpaired) electrons. The maximum absolute atomic E-state index is 14.7. The fraction of sp³-hybridized carbons (Fsp3) is 0.700. The van der Waals surface area contributed by atoms with Gasteiger partial charge in [0.15, 0.2) is 0 Å². The van der Waals surface area contributed by atoms with Gasteiger partial charge in [0.05, 0.1) is 0 Å². The molecule has 0 aliphatic rings. The van der Waals surface area contributed by atoms with Gasteiger partial charge in [-0.05, 0) is 29.9 Å². The van der Waals surface area contributed by atoms with Gasteiger partial charge in [0.2, 0.25) is 7.28 Å². The lowest BCUT2D eigenvalue weighted by molar-refractivity contribution is -0.168. The van der Waals surface area contributed by atoms with Crippen molar-refractivity contribution in [2.24, 2.45) is 0 Å². The molecule has 0 aliphatic heterocycles. The Morgan fingerprint density at radius 1 is 0.800 bits per heavy atom. The van der Waals surface area contributed by atoms with Crippen LogP contribution < -0.4 is 0 Å². The normalized spacial score (nSPS) is 13.8. The van der Waals surface area contributed by atoms with Gasteiger partial charge < -0.3 is 0 Å². The fourth-order valence-corrected chi connectivity index (χ4v) is 2.92. The molecular weight excluding hydrogens is 327 g/mol. The van der Waals surface area contributed by atoms with E-state index in [0.29, 0.717) is 25.7 Å². The van der Waals surface area contributed by atoms with E-state index in [4.69, 9.17) is 0 Å². The first kappa shape index (κ1) is 22.0. The van der Waals surface area contributed by atoms with Crippen molar-refractivity contribution in [2.75, 3.05) is 0 Å². The molecule has 0 N–H and O–H groups in total. The van der Waals surface area contributed by atoms with E-state index in [0.717, 1.165) is 18.9 Å². The second kappa shape index (κ2) is 7.71. The molecule has 25 heavy (non-hydrogen) atoms. The Kier molecular flexibility index (Phi) is 6.80. The van der Waals surface area contributed by atoms with Gasteiger partial charge in [-0.15, -0.1) is 0 Å². The van der Waals surface area contributed by atoms with E-state index in [-0.39, 0.29) is 5.41 Å². The highest BCUT2D eigenvalue weighted by molar-refractivity contribution is 6.43. The van der Waals surface area contributed by atoms with Crippen LogP contribution in [0.2, 0.25) is 5.31 Å². The summed E-state index contributed by atoms with van der Waals surface area (Å²) in [7, 11) is 0.547. The minimum atomic E-state index is -4.24. The topological polar surface area (TPSA) is 0 Å².